The highest BCUT2D eigenvalue weighted by Gasteiger charge is 2.22. The molecule has 0 spiro atoms. The highest BCUT2D eigenvalue weighted by molar-refractivity contribution is 7.86. The fourth-order valence-corrected chi connectivity index (χ4v) is 6.38. The monoisotopic (exact) mass is 532 g/mol. The summed E-state index contributed by atoms with van der Waals surface area (Å²) in [5.74, 6) is 0.870. The van der Waals surface area contributed by atoms with Gasteiger partial charge in [-0.25, -0.2) is 0 Å². The maximum Gasteiger partial charge on any atom is 0.268 e. The molecule has 3 aromatic rings. The summed E-state index contributed by atoms with van der Waals surface area (Å²) in [4.78, 5) is 0. The fraction of sp³-hybridized carbons (Fsp3) is 0.412. The molecule has 0 fully saturated rings. The lowest BCUT2D eigenvalue weighted by atomic mass is 9.86. The van der Waals surface area contributed by atoms with E-state index >= 15 is 0 Å². The SMILES string of the molecule is C=CCC(CCCC(CCCCCCCC(c1ccccc1)c1ccccc1)c1ccccc1)S(=O)(=O)O. The molecule has 3 nitrogen and oxygen atoms in total. The Morgan fingerprint density at radius 3 is 1.55 bits per heavy atom. The standard InChI is InChI=1S/C34H44O3S/c1-2-18-33(38(35,36)37)27-17-26-30(29-20-10-6-11-21-29)19-9-4-3-5-16-28-34(31-22-12-7-13-23-31)32-24-14-8-15-25-32/h2,6-8,10-15,20-25,30,33-34H,1,3-5,9,16-19,26-28H2,(H,35,36,37). The minimum atomic E-state index is -4.03. The molecule has 0 aliphatic rings. The van der Waals surface area contributed by atoms with Gasteiger partial charge in [0.15, 0.2) is 0 Å². The third kappa shape index (κ3) is 10.2. The summed E-state index contributed by atoms with van der Waals surface area (Å²) in [7, 11) is -4.03. The van der Waals surface area contributed by atoms with Crippen LogP contribution in [0.3, 0.4) is 0 Å². The van der Waals surface area contributed by atoms with E-state index in [1.165, 1.54) is 55.2 Å². The van der Waals surface area contributed by atoms with Crippen molar-refractivity contribution in [3.05, 3.63) is 120 Å². The number of rotatable bonds is 18. The first-order valence-corrected chi connectivity index (χ1v) is 15.7. The Hall–Kier alpha value is -2.69. The Kier molecular flexibility index (Phi) is 12.8. The molecule has 0 radical (unpaired) electrons. The van der Waals surface area contributed by atoms with Gasteiger partial charge in [0.05, 0.1) is 5.25 Å². The zero-order valence-electron chi connectivity index (χ0n) is 22.6. The average molecular weight is 533 g/mol. The molecule has 2 unspecified atom stereocenters. The maximum absolute atomic E-state index is 11.7. The minimum Gasteiger partial charge on any atom is -0.285 e. The Morgan fingerprint density at radius 1 is 0.605 bits per heavy atom. The van der Waals surface area contributed by atoms with Gasteiger partial charge in [0.2, 0.25) is 0 Å². The summed E-state index contributed by atoms with van der Waals surface area (Å²) in [5.41, 5.74) is 4.12. The van der Waals surface area contributed by atoms with Crippen molar-refractivity contribution in [2.75, 3.05) is 0 Å². The van der Waals surface area contributed by atoms with Crippen molar-refractivity contribution in [1.29, 1.82) is 0 Å². The van der Waals surface area contributed by atoms with Crippen LogP contribution < -0.4 is 0 Å². The fourth-order valence-electron chi connectivity index (χ4n) is 5.54. The molecule has 2 atom stereocenters. The van der Waals surface area contributed by atoms with Crippen LogP contribution in [0.1, 0.15) is 99.2 Å². The largest absolute Gasteiger partial charge is 0.285 e. The van der Waals surface area contributed by atoms with E-state index < -0.39 is 15.4 Å². The Bertz CT molecular complexity index is 1100. The highest BCUT2D eigenvalue weighted by Crippen LogP contribution is 2.31. The van der Waals surface area contributed by atoms with Crippen molar-refractivity contribution >= 4 is 10.1 Å². The van der Waals surface area contributed by atoms with Crippen LogP contribution in [-0.2, 0) is 10.1 Å². The van der Waals surface area contributed by atoms with Gasteiger partial charge in [-0.15, -0.1) is 6.58 Å². The van der Waals surface area contributed by atoms with Gasteiger partial charge in [-0.1, -0.05) is 136 Å². The van der Waals surface area contributed by atoms with Crippen LogP contribution in [0.15, 0.2) is 104 Å². The summed E-state index contributed by atoms with van der Waals surface area (Å²) in [6.45, 7) is 3.64. The maximum atomic E-state index is 11.7. The first-order chi connectivity index (χ1) is 18.5. The van der Waals surface area contributed by atoms with Crippen molar-refractivity contribution in [1.82, 2.24) is 0 Å². The molecule has 3 rings (SSSR count). The van der Waals surface area contributed by atoms with Crippen molar-refractivity contribution in [2.45, 2.75) is 87.7 Å². The van der Waals surface area contributed by atoms with Crippen LogP contribution in [0.4, 0.5) is 0 Å². The molecule has 4 heteroatoms. The van der Waals surface area contributed by atoms with Gasteiger partial charge in [-0.3, -0.25) is 4.55 Å². The van der Waals surface area contributed by atoms with Crippen molar-refractivity contribution < 1.29 is 13.0 Å². The molecular weight excluding hydrogens is 488 g/mol. The number of allylic oxidation sites excluding steroid dienone is 1. The second-order valence-corrected chi connectivity index (χ2v) is 12.1. The first-order valence-electron chi connectivity index (χ1n) is 14.2. The molecule has 1 N–H and O–H groups in total. The van der Waals surface area contributed by atoms with E-state index in [1.807, 2.05) is 6.07 Å². The Labute approximate surface area is 230 Å². The molecule has 38 heavy (non-hydrogen) atoms. The number of unbranched alkanes of at least 4 members (excludes halogenated alkanes) is 4. The zero-order valence-corrected chi connectivity index (χ0v) is 23.4. The second-order valence-electron chi connectivity index (χ2n) is 10.4. The van der Waals surface area contributed by atoms with E-state index in [0.29, 0.717) is 24.7 Å². The van der Waals surface area contributed by atoms with Gasteiger partial charge in [-0.2, -0.15) is 8.42 Å². The lowest BCUT2D eigenvalue weighted by Gasteiger charge is -2.19. The first kappa shape index (κ1) is 29.9. The van der Waals surface area contributed by atoms with Crippen LogP contribution in [0, 0.1) is 0 Å². The molecule has 0 aliphatic heterocycles. The predicted molar refractivity (Wildman–Crippen MR) is 160 cm³/mol. The van der Waals surface area contributed by atoms with Crippen LogP contribution in [-0.4, -0.2) is 18.2 Å². The summed E-state index contributed by atoms with van der Waals surface area (Å²) >= 11 is 0. The molecule has 3 aromatic carbocycles. The molecule has 0 bridgehead atoms. The van der Waals surface area contributed by atoms with E-state index in [-0.39, 0.29) is 0 Å². The zero-order chi connectivity index (χ0) is 27.1. The quantitative estimate of drug-likeness (QED) is 0.101. The molecule has 0 heterocycles. The molecule has 0 saturated carbocycles. The molecule has 0 amide bonds. The third-order valence-corrected chi connectivity index (χ3v) is 8.92. The van der Waals surface area contributed by atoms with Gasteiger partial charge >= 0.3 is 0 Å². The van der Waals surface area contributed by atoms with E-state index in [0.717, 1.165) is 19.3 Å². The van der Waals surface area contributed by atoms with Crippen LogP contribution in [0.25, 0.3) is 0 Å². The normalized spacial score (nSPS) is 13.3. The lowest BCUT2D eigenvalue weighted by Crippen LogP contribution is -2.20. The molecular formula is C34H44O3S. The Balaban J connectivity index is 1.44. The number of hydrogen-bond donors (Lipinski definition) is 1. The van der Waals surface area contributed by atoms with Crippen molar-refractivity contribution in [3.63, 3.8) is 0 Å². The van der Waals surface area contributed by atoms with Gasteiger partial charge in [0.1, 0.15) is 0 Å². The smallest absolute Gasteiger partial charge is 0.268 e. The summed E-state index contributed by atoms with van der Waals surface area (Å²) in [6, 6.07) is 32.3. The second kappa shape index (κ2) is 16.3. The van der Waals surface area contributed by atoms with Crippen molar-refractivity contribution in [2.24, 2.45) is 0 Å². The van der Waals surface area contributed by atoms with Crippen LogP contribution in [0.2, 0.25) is 0 Å². The molecule has 204 valence electrons. The van der Waals surface area contributed by atoms with Crippen molar-refractivity contribution in [3.8, 4) is 0 Å². The molecule has 0 aliphatic carbocycles. The summed E-state index contributed by atoms with van der Waals surface area (Å²) < 4.78 is 32.9. The predicted octanol–water partition coefficient (Wildman–Crippen LogP) is 9.34. The van der Waals surface area contributed by atoms with Crippen LogP contribution >= 0.6 is 0 Å². The highest BCUT2D eigenvalue weighted by atomic mass is 32.2. The van der Waals surface area contributed by atoms with Gasteiger partial charge in [-0.05, 0) is 54.7 Å². The summed E-state index contributed by atoms with van der Waals surface area (Å²) in [5, 5.41) is -0.743. The molecule has 0 saturated heterocycles. The number of benzene rings is 3. The van der Waals surface area contributed by atoms with E-state index in [4.69, 9.17) is 0 Å². The van der Waals surface area contributed by atoms with Gasteiger partial charge in [0, 0.05) is 5.92 Å². The van der Waals surface area contributed by atoms with Gasteiger partial charge < -0.3 is 0 Å². The minimum absolute atomic E-state index is 0.296. The Morgan fingerprint density at radius 2 is 1.05 bits per heavy atom. The van der Waals surface area contributed by atoms with Gasteiger partial charge in [0.25, 0.3) is 10.1 Å². The van der Waals surface area contributed by atoms with E-state index in [9.17, 15) is 13.0 Å². The van der Waals surface area contributed by atoms with Crippen LogP contribution in [0.5, 0.6) is 0 Å². The number of hydrogen-bond acceptors (Lipinski definition) is 2. The lowest BCUT2D eigenvalue weighted by molar-refractivity contribution is 0.448. The molecule has 0 aromatic heterocycles. The van der Waals surface area contributed by atoms with E-state index in [1.54, 1.807) is 6.08 Å². The average Bonchev–Trinajstić information content (AvgIpc) is 2.94. The third-order valence-electron chi connectivity index (χ3n) is 7.65. The topological polar surface area (TPSA) is 54.4 Å². The summed E-state index contributed by atoms with van der Waals surface area (Å²) in [6.07, 6.45) is 12.4. The van der Waals surface area contributed by atoms with E-state index in [2.05, 4.69) is 91.5 Å².